The van der Waals surface area contributed by atoms with Gasteiger partial charge in [0, 0.05) is 16.1 Å². The molecule has 0 N–H and O–H groups in total. The van der Waals surface area contributed by atoms with E-state index >= 15 is 0 Å². The molecule has 114 valence electrons. The van der Waals surface area contributed by atoms with Crippen LogP contribution in [0.5, 0.6) is 0 Å². The zero-order valence-electron chi connectivity index (χ0n) is 12.4. The molecule has 5 heteroatoms. The fourth-order valence-corrected chi connectivity index (χ4v) is 3.13. The summed E-state index contributed by atoms with van der Waals surface area (Å²) in [6.07, 6.45) is 1.81. The molecule has 0 saturated heterocycles. The summed E-state index contributed by atoms with van der Waals surface area (Å²) in [5, 5.41) is 0.592. The number of aromatic nitrogens is 2. The van der Waals surface area contributed by atoms with Crippen LogP contribution in [0, 0.1) is 12.7 Å². The number of hydrogen-bond donors (Lipinski definition) is 0. The van der Waals surface area contributed by atoms with Gasteiger partial charge in [-0.25, -0.2) is 9.37 Å². The number of nitrogens with zero attached hydrogens (tertiary/aromatic N) is 3. The molecule has 4 rings (SSSR count). The van der Waals surface area contributed by atoms with E-state index in [1.165, 1.54) is 6.07 Å². The number of halogens is 2. The molecular formula is C18H13ClFN3. The van der Waals surface area contributed by atoms with E-state index in [4.69, 9.17) is 11.6 Å². The van der Waals surface area contributed by atoms with Crippen LogP contribution in [0.3, 0.4) is 0 Å². The van der Waals surface area contributed by atoms with Crippen LogP contribution in [-0.4, -0.2) is 15.3 Å². The van der Waals surface area contributed by atoms with Crippen LogP contribution >= 0.6 is 11.6 Å². The van der Waals surface area contributed by atoms with Gasteiger partial charge >= 0.3 is 0 Å². The number of benzene rings is 2. The van der Waals surface area contributed by atoms with E-state index in [-0.39, 0.29) is 5.82 Å². The van der Waals surface area contributed by atoms with E-state index in [9.17, 15) is 4.39 Å². The summed E-state index contributed by atoms with van der Waals surface area (Å²) in [5.74, 6) is 0.576. The van der Waals surface area contributed by atoms with Gasteiger partial charge in [0.05, 0.1) is 29.8 Å². The third-order valence-corrected chi connectivity index (χ3v) is 4.23. The Bertz CT molecular complexity index is 943. The predicted molar refractivity (Wildman–Crippen MR) is 89.1 cm³/mol. The highest BCUT2D eigenvalue weighted by molar-refractivity contribution is 6.31. The first-order chi connectivity index (χ1) is 11.1. The fourth-order valence-electron chi connectivity index (χ4n) is 2.95. The SMILES string of the molecule is [13CH3][13c]1nc[13c]2n1-c1ccc(Cl)cc1C(c1ccccc1F)=[15N][13CH2]2. The minimum atomic E-state index is -0.293. The largest absolute Gasteiger partial charge is 0.298 e. The number of rotatable bonds is 1. The number of hydrogen-bond acceptors (Lipinski definition) is 2. The highest BCUT2D eigenvalue weighted by Crippen LogP contribution is 2.29. The van der Waals surface area contributed by atoms with Crippen molar-refractivity contribution in [3.8, 4) is 5.69 Å². The number of fused-ring (bicyclic) bond motifs is 3. The topological polar surface area (TPSA) is 30.2 Å². The first-order valence-electron chi connectivity index (χ1n) is 7.28. The van der Waals surface area contributed by atoms with Crippen molar-refractivity contribution in [3.05, 3.63) is 82.1 Å². The lowest BCUT2D eigenvalue weighted by Crippen LogP contribution is -2.09. The lowest BCUT2D eigenvalue weighted by atomic mass is 10.0. The molecule has 0 aliphatic carbocycles. The number of aliphatic imine (C=N–C) groups is 1. The van der Waals surface area contributed by atoms with Gasteiger partial charge < -0.3 is 0 Å². The number of imidazole rings is 1. The Labute approximate surface area is 138 Å². The van der Waals surface area contributed by atoms with Crippen molar-refractivity contribution in [2.24, 2.45) is 4.99 Å². The van der Waals surface area contributed by atoms with Crippen LogP contribution in [0.15, 0.2) is 53.7 Å². The van der Waals surface area contributed by atoms with Gasteiger partial charge in [0.25, 0.3) is 0 Å². The van der Waals surface area contributed by atoms with Crippen LogP contribution in [0.1, 0.15) is 22.6 Å². The molecular weight excluding hydrogens is 318 g/mol. The summed E-state index contributed by atoms with van der Waals surface area (Å²) < 4.78 is 16.3. The second-order valence-electron chi connectivity index (χ2n) is 5.44. The maximum Gasteiger partial charge on any atom is 0.132 e. The Hall–Kier alpha value is -2.46. The highest BCUT2D eigenvalue weighted by Gasteiger charge is 2.22. The maximum atomic E-state index is 14.3. The van der Waals surface area contributed by atoms with E-state index in [2.05, 4.69) is 9.98 Å². The third kappa shape index (κ3) is 2.26. The van der Waals surface area contributed by atoms with Gasteiger partial charge in [-0.2, -0.15) is 0 Å². The lowest BCUT2D eigenvalue weighted by Gasteiger charge is -2.14. The van der Waals surface area contributed by atoms with E-state index in [0.717, 1.165) is 22.8 Å². The quantitative estimate of drug-likeness (QED) is 0.482. The predicted octanol–water partition coefficient (Wildman–Crippen LogP) is 4.32. The Morgan fingerprint density at radius 1 is 1.13 bits per heavy atom. The van der Waals surface area contributed by atoms with Crippen molar-refractivity contribution in [2.75, 3.05) is 0 Å². The molecule has 0 radical (unpaired) electrons. The maximum absolute atomic E-state index is 14.3. The lowest BCUT2D eigenvalue weighted by molar-refractivity contribution is 0.625. The molecule has 0 unspecified atom stereocenters. The Balaban J connectivity index is 2.03. The highest BCUT2D eigenvalue weighted by atomic mass is 35.5. The Kier molecular flexibility index (Phi) is 3.27. The normalized spacial score (nSPS) is 13.1. The van der Waals surface area contributed by atoms with Crippen molar-refractivity contribution in [3.63, 3.8) is 0 Å². The van der Waals surface area contributed by atoms with Crippen molar-refractivity contribution in [1.29, 1.82) is 0 Å². The van der Waals surface area contributed by atoms with Crippen LogP contribution in [0.2, 0.25) is 5.02 Å². The van der Waals surface area contributed by atoms with E-state index in [1.54, 1.807) is 12.1 Å². The van der Waals surface area contributed by atoms with E-state index in [0.29, 0.717) is 22.8 Å². The van der Waals surface area contributed by atoms with E-state index in [1.807, 2.05) is 42.0 Å². The van der Waals surface area contributed by atoms with E-state index < -0.39 is 0 Å². The molecule has 0 spiro atoms. The van der Waals surface area contributed by atoms with Crippen LogP contribution in [-0.2, 0) is 6.54 Å². The van der Waals surface area contributed by atoms with Crippen molar-refractivity contribution >= 4 is 17.3 Å². The Morgan fingerprint density at radius 3 is 2.78 bits per heavy atom. The van der Waals surface area contributed by atoms with Crippen molar-refractivity contribution in [2.45, 2.75) is 13.5 Å². The summed E-state index contributed by atoms with van der Waals surface area (Å²) in [7, 11) is 0. The molecule has 2 heterocycles. The summed E-state index contributed by atoms with van der Waals surface area (Å²) in [6, 6.07) is 12.3. The van der Waals surface area contributed by atoms with Gasteiger partial charge in [-0.1, -0.05) is 23.7 Å². The van der Waals surface area contributed by atoms with Gasteiger partial charge in [0.15, 0.2) is 0 Å². The molecule has 0 atom stereocenters. The standard InChI is InChI=1S/C18H13ClFN3/c1-11-21-9-13-10-22-18(14-4-2-3-5-16(14)20)15-8-12(19)6-7-17(15)23(11)13/h2-9H,10H2,1H3/i1+1,10+1,11+1,13+1,22+1. The monoisotopic (exact) mass is 330 g/mol. The second-order valence-corrected chi connectivity index (χ2v) is 5.87. The minimum absolute atomic E-state index is 0.293. The summed E-state index contributed by atoms with van der Waals surface area (Å²) in [4.78, 5) is 9.01. The molecule has 0 fully saturated rings. The Morgan fingerprint density at radius 2 is 1.96 bits per heavy atom. The van der Waals surface area contributed by atoms with Crippen LogP contribution < -0.4 is 0 Å². The molecule has 1 aromatic heterocycles. The minimum Gasteiger partial charge on any atom is -0.298 e. The van der Waals surface area contributed by atoms with Crippen LogP contribution in [0.25, 0.3) is 5.69 Å². The summed E-state index contributed by atoms with van der Waals surface area (Å²) in [5.41, 5.74) is 3.79. The third-order valence-electron chi connectivity index (χ3n) is 3.99. The molecule has 2 aromatic carbocycles. The zero-order chi connectivity index (χ0) is 16.0. The van der Waals surface area contributed by atoms with Crippen molar-refractivity contribution < 1.29 is 4.39 Å². The molecule has 1 aliphatic rings. The molecule has 0 bridgehead atoms. The van der Waals surface area contributed by atoms with Gasteiger partial charge in [0.2, 0.25) is 0 Å². The van der Waals surface area contributed by atoms with Gasteiger partial charge in [-0.05, 0) is 37.3 Å². The molecule has 0 saturated carbocycles. The van der Waals surface area contributed by atoms with Crippen molar-refractivity contribution in [1.82, 2.24) is 9.55 Å². The average Bonchev–Trinajstić information content (AvgIpc) is 2.82. The fraction of sp³-hybridized carbons (Fsp3) is 0.111. The first kappa shape index (κ1) is 14.2. The van der Waals surface area contributed by atoms with Gasteiger partial charge in [0.1, 0.15) is 11.6 Å². The molecule has 1 aliphatic heterocycles. The molecule has 3 nitrogen and oxygen atoms in total. The first-order valence-corrected chi connectivity index (χ1v) is 7.66. The van der Waals surface area contributed by atoms with Crippen LogP contribution in [0.4, 0.5) is 4.39 Å². The zero-order valence-corrected chi connectivity index (χ0v) is 13.2. The van der Waals surface area contributed by atoms with Gasteiger partial charge in [-0.15, -0.1) is 0 Å². The molecule has 23 heavy (non-hydrogen) atoms. The summed E-state index contributed by atoms with van der Waals surface area (Å²) >= 11 is 6.19. The smallest absolute Gasteiger partial charge is 0.132 e. The molecule has 3 aromatic rings. The number of aryl methyl sites for hydroxylation is 1. The average molecular weight is 331 g/mol. The summed E-state index contributed by atoms with van der Waals surface area (Å²) in [6.45, 7) is 2.38. The van der Waals surface area contributed by atoms with Gasteiger partial charge in [-0.3, -0.25) is 9.56 Å². The molecule has 0 amide bonds. The second kappa shape index (κ2) is 5.32.